The average molecular weight is 360 g/mol. The van der Waals surface area contributed by atoms with Crippen LogP contribution in [0.15, 0.2) is 47.3 Å². The van der Waals surface area contributed by atoms with Gasteiger partial charge in [-0.1, -0.05) is 23.8 Å². The number of nitrogen functional groups attached to an aromatic ring is 1. The lowest BCUT2D eigenvalue weighted by Gasteiger charge is -2.28. The maximum atomic E-state index is 12.7. The minimum atomic E-state index is -0.0443. The van der Waals surface area contributed by atoms with Gasteiger partial charge in [0.2, 0.25) is 0 Å². The highest BCUT2D eigenvalue weighted by molar-refractivity contribution is 5.58. The van der Waals surface area contributed by atoms with Crippen molar-refractivity contribution in [2.45, 2.75) is 33.4 Å². The van der Waals surface area contributed by atoms with E-state index in [2.05, 4.69) is 41.9 Å². The number of aromatic nitrogens is 2. The summed E-state index contributed by atoms with van der Waals surface area (Å²) in [7, 11) is 0. The first kappa shape index (κ1) is 17.5. The molecule has 0 fully saturated rings. The number of hydrogen-bond acceptors (Lipinski definition) is 4. The summed E-state index contributed by atoms with van der Waals surface area (Å²) < 4.78 is 0. The molecule has 0 saturated carbocycles. The zero-order chi connectivity index (χ0) is 19.0. The van der Waals surface area contributed by atoms with Crippen LogP contribution in [0, 0.1) is 13.8 Å². The lowest BCUT2D eigenvalue weighted by Crippen LogP contribution is -2.35. The third-order valence-corrected chi connectivity index (χ3v) is 5.22. The van der Waals surface area contributed by atoms with E-state index < -0.39 is 0 Å². The molecule has 5 heteroatoms. The molecule has 4 rings (SSSR count). The zero-order valence-electron chi connectivity index (χ0n) is 15.7. The van der Waals surface area contributed by atoms with E-state index in [0.29, 0.717) is 18.1 Å². The van der Waals surface area contributed by atoms with Gasteiger partial charge in [-0.05, 0) is 49.2 Å². The molecule has 0 aliphatic carbocycles. The first-order valence-corrected chi connectivity index (χ1v) is 9.26. The van der Waals surface area contributed by atoms with Gasteiger partial charge in [0.1, 0.15) is 5.82 Å². The van der Waals surface area contributed by atoms with E-state index in [-0.39, 0.29) is 5.56 Å². The van der Waals surface area contributed by atoms with E-state index in [9.17, 15) is 4.79 Å². The number of nitrogens with two attached hydrogens (primary N) is 1. The van der Waals surface area contributed by atoms with E-state index in [1.807, 2.05) is 24.3 Å². The van der Waals surface area contributed by atoms with Crippen LogP contribution in [0.1, 0.15) is 27.9 Å². The minimum Gasteiger partial charge on any atom is -0.399 e. The molecule has 0 amide bonds. The van der Waals surface area contributed by atoms with Crippen molar-refractivity contribution in [3.05, 3.63) is 80.8 Å². The molecule has 1 aromatic heterocycles. The molecule has 138 valence electrons. The predicted molar refractivity (Wildman–Crippen MR) is 108 cm³/mol. The number of H-pyrrole nitrogens is 1. The number of anilines is 1. The van der Waals surface area contributed by atoms with Crippen LogP contribution in [0.25, 0.3) is 11.4 Å². The molecule has 3 N–H and O–H groups in total. The Kier molecular flexibility index (Phi) is 4.54. The van der Waals surface area contributed by atoms with Gasteiger partial charge >= 0.3 is 0 Å². The van der Waals surface area contributed by atoms with Gasteiger partial charge in [-0.25, -0.2) is 4.98 Å². The van der Waals surface area contributed by atoms with Crippen molar-refractivity contribution in [3.63, 3.8) is 0 Å². The van der Waals surface area contributed by atoms with Gasteiger partial charge in [0, 0.05) is 37.3 Å². The van der Waals surface area contributed by atoms with Crippen molar-refractivity contribution >= 4 is 5.69 Å². The molecular formula is C22H24N4O. The Labute approximate surface area is 158 Å². The summed E-state index contributed by atoms with van der Waals surface area (Å²) in [6, 6.07) is 14.0. The Bertz CT molecular complexity index is 1040. The zero-order valence-corrected chi connectivity index (χ0v) is 15.7. The topological polar surface area (TPSA) is 75.0 Å². The Hall–Kier alpha value is -2.92. The van der Waals surface area contributed by atoms with Crippen LogP contribution in [0.4, 0.5) is 5.69 Å². The molecule has 0 unspecified atom stereocenters. The van der Waals surface area contributed by atoms with Gasteiger partial charge in [0.25, 0.3) is 5.56 Å². The third-order valence-electron chi connectivity index (χ3n) is 5.22. The van der Waals surface area contributed by atoms with Crippen molar-refractivity contribution in [1.29, 1.82) is 0 Å². The first-order valence-electron chi connectivity index (χ1n) is 9.26. The van der Waals surface area contributed by atoms with Crippen molar-refractivity contribution in [1.82, 2.24) is 14.9 Å². The Balaban J connectivity index is 1.58. The Morgan fingerprint density at radius 3 is 2.67 bits per heavy atom. The van der Waals surface area contributed by atoms with E-state index in [1.54, 1.807) is 0 Å². The lowest BCUT2D eigenvalue weighted by atomic mass is 10.0. The summed E-state index contributed by atoms with van der Waals surface area (Å²) in [5, 5.41) is 0. The maximum absolute atomic E-state index is 12.7. The second-order valence-electron chi connectivity index (χ2n) is 7.35. The van der Waals surface area contributed by atoms with Gasteiger partial charge in [-0.2, -0.15) is 0 Å². The van der Waals surface area contributed by atoms with Gasteiger partial charge in [0.05, 0.1) is 11.3 Å². The molecule has 27 heavy (non-hydrogen) atoms. The van der Waals surface area contributed by atoms with Crippen LogP contribution >= 0.6 is 0 Å². The molecule has 5 nitrogen and oxygen atoms in total. The summed E-state index contributed by atoms with van der Waals surface area (Å²) in [6.45, 7) is 6.64. The second-order valence-corrected chi connectivity index (χ2v) is 7.35. The fourth-order valence-electron chi connectivity index (χ4n) is 3.66. The number of benzene rings is 2. The van der Waals surface area contributed by atoms with Crippen LogP contribution in [0.5, 0.6) is 0 Å². The summed E-state index contributed by atoms with van der Waals surface area (Å²) in [5.74, 6) is 0.613. The number of aryl methyl sites for hydroxylation is 2. The molecule has 0 spiro atoms. The Morgan fingerprint density at radius 2 is 1.93 bits per heavy atom. The second kappa shape index (κ2) is 7.00. The van der Waals surface area contributed by atoms with Crippen LogP contribution in [0.2, 0.25) is 0 Å². The normalized spacial score (nSPS) is 14.1. The number of fused-ring (bicyclic) bond motifs is 1. The molecule has 2 heterocycles. The summed E-state index contributed by atoms with van der Waals surface area (Å²) in [5.41, 5.74) is 12.8. The van der Waals surface area contributed by atoms with Crippen molar-refractivity contribution in [2.24, 2.45) is 0 Å². The number of rotatable bonds is 3. The quantitative estimate of drug-likeness (QED) is 0.704. The summed E-state index contributed by atoms with van der Waals surface area (Å²) >= 11 is 0. The van der Waals surface area contributed by atoms with Crippen molar-refractivity contribution < 1.29 is 0 Å². The van der Waals surface area contributed by atoms with Crippen LogP contribution < -0.4 is 11.3 Å². The molecule has 3 aromatic rings. The number of nitrogens with one attached hydrogen (secondary N) is 1. The van der Waals surface area contributed by atoms with Gasteiger partial charge < -0.3 is 10.7 Å². The molecule has 2 aromatic carbocycles. The molecule has 0 bridgehead atoms. The largest absolute Gasteiger partial charge is 0.399 e. The molecule has 0 atom stereocenters. The van der Waals surface area contributed by atoms with Crippen molar-refractivity contribution in [2.75, 3.05) is 12.3 Å². The number of hydrogen-bond donors (Lipinski definition) is 2. The van der Waals surface area contributed by atoms with Gasteiger partial charge in [0.15, 0.2) is 0 Å². The molecular weight excluding hydrogens is 336 g/mol. The molecule has 0 radical (unpaired) electrons. The van der Waals surface area contributed by atoms with Gasteiger partial charge in [-0.3, -0.25) is 9.69 Å². The van der Waals surface area contributed by atoms with E-state index in [4.69, 9.17) is 10.7 Å². The van der Waals surface area contributed by atoms with Gasteiger partial charge in [-0.15, -0.1) is 0 Å². The van der Waals surface area contributed by atoms with E-state index >= 15 is 0 Å². The highest BCUT2D eigenvalue weighted by Crippen LogP contribution is 2.21. The highest BCUT2D eigenvalue weighted by Gasteiger charge is 2.22. The molecule has 1 aliphatic rings. The van der Waals surface area contributed by atoms with E-state index in [0.717, 1.165) is 36.3 Å². The summed E-state index contributed by atoms with van der Waals surface area (Å²) in [6.07, 6.45) is 0.784. The van der Waals surface area contributed by atoms with Crippen molar-refractivity contribution in [3.8, 4) is 11.4 Å². The SMILES string of the molecule is Cc1ccc(CN2CCc3nc(-c4ccc(N)cc4)[nH]c(=O)c3C2)c(C)c1. The highest BCUT2D eigenvalue weighted by atomic mass is 16.1. The number of aromatic amines is 1. The average Bonchev–Trinajstić information content (AvgIpc) is 2.65. The van der Waals surface area contributed by atoms with Crippen LogP contribution in [-0.4, -0.2) is 21.4 Å². The monoisotopic (exact) mass is 360 g/mol. The minimum absolute atomic E-state index is 0.0443. The number of nitrogens with zero attached hydrogens (tertiary/aromatic N) is 2. The first-order chi connectivity index (χ1) is 13.0. The standard InChI is InChI=1S/C22H24N4O/c1-14-3-4-17(15(2)11-14)12-26-10-9-20-19(13-26)22(27)25-21(24-20)16-5-7-18(23)8-6-16/h3-8,11H,9-10,12-13,23H2,1-2H3,(H,24,25,27). The predicted octanol–water partition coefficient (Wildman–Crippen LogP) is 3.19. The van der Waals surface area contributed by atoms with E-state index in [1.165, 1.54) is 16.7 Å². The van der Waals surface area contributed by atoms with Crippen LogP contribution in [-0.2, 0) is 19.5 Å². The molecule has 1 aliphatic heterocycles. The van der Waals surface area contributed by atoms with Crippen LogP contribution in [0.3, 0.4) is 0 Å². The fraction of sp³-hybridized carbons (Fsp3) is 0.273. The fourth-order valence-corrected chi connectivity index (χ4v) is 3.66. The Morgan fingerprint density at radius 1 is 1.15 bits per heavy atom. The smallest absolute Gasteiger partial charge is 0.255 e. The third kappa shape index (κ3) is 3.64. The molecule has 0 saturated heterocycles. The maximum Gasteiger partial charge on any atom is 0.255 e. The summed E-state index contributed by atoms with van der Waals surface area (Å²) in [4.78, 5) is 22.7. The lowest BCUT2D eigenvalue weighted by molar-refractivity contribution is 0.241.